The van der Waals surface area contributed by atoms with E-state index in [1.165, 1.54) is 12.1 Å². The van der Waals surface area contributed by atoms with Crippen molar-refractivity contribution in [2.45, 2.75) is 12.6 Å². The molecular formula is C19H19ClF3N3O. The summed E-state index contributed by atoms with van der Waals surface area (Å²) >= 11 is 0. The van der Waals surface area contributed by atoms with Crippen molar-refractivity contribution in [3.8, 4) is 28.1 Å². The van der Waals surface area contributed by atoms with Crippen LogP contribution in [0.25, 0.3) is 22.4 Å². The Hall–Kier alpha value is -2.51. The fraction of sp³-hybridized carbons (Fsp3) is 0.211. The molecule has 27 heavy (non-hydrogen) atoms. The Kier molecular flexibility index (Phi) is 6.87. The lowest BCUT2D eigenvalue weighted by Gasteiger charge is -2.10. The van der Waals surface area contributed by atoms with E-state index in [0.717, 1.165) is 28.2 Å². The summed E-state index contributed by atoms with van der Waals surface area (Å²) in [5, 5.41) is 0. The number of aromatic nitrogens is 2. The van der Waals surface area contributed by atoms with E-state index >= 15 is 0 Å². The zero-order valence-electron chi connectivity index (χ0n) is 14.3. The Bertz CT molecular complexity index is 863. The third-order valence-electron chi connectivity index (χ3n) is 3.77. The van der Waals surface area contributed by atoms with Gasteiger partial charge >= 0.3 is 6.18 Å². The summed E-state index contributed by atoms with van der Waals surface area (Å²) < 4.78 is 41.3. The van der Waals surface area contributed by atoms with Gasteiger partial charge in [-0.05, 0) is 35.9 Å². The van der Waals surface area contributed by atoms with Crippen LogP contribution < -0.4 is 10.5 Å². The number of imidazole rings is 1. The number of hydrogen-bond donors (Lipinski definition) is 2. The summed E-state index contributed by atoms with van der Waals surface area (Å²) in [4.78, 5) is 7.52. The summed E-state index contributed by atoms with van der Waals surface area (Å²) in [5.74, 6) is 1.02. The van der Waals surface area contributed by atoms with Gasteiger partial charge in [0.2, 0.25) is 0 Å². The first-order valence-electron chi connectivity index (χ1n) is 8.09. The predicted octanol–water partition coefficient (Wildman–Crippen LogP) is 4.61. The molecule has 0 aliphatic heterocycles. The molecule has 0 saturated carbocycles. The van der Waals surface area contributed by atoms with Crippen LogP contribution in [-0.4, -0.2) is 29.3 Å². The molecule has 0 unspecified atom stereocenters. The molecule has 0 atom stereocenters. The van der Waals surface area contributed by atoms with Gasteiger partial charge in [-0.2, -0.15) is 13.2 Å². The topological polar surface area (TPSA) is 63.9 Å². The van der Waals surface area contributed by atoms with Crippen LogP contribution >= 0.6 is 12.4 Å². The van der Waals surface area contributed by atoms with Gasteiger partial charge in [-0.15, -0.1) is 12.4 Å². The second kappa shape index (κ2) is 8.92. The maximum atomic E-state index is 12.2. The first kappa shape index (κ1) is 20.8. The van der Waals surface area contributed by atoms with Gasteiger partial charge in [0.05, 0.1) is 11.9 Å². The van der Waals surface area contributed by atoms with E-state index in [2.05, 4.69) is 9.97 Å². The smallest absolute Gasteiger partial charge is 0.422 e. The first-order valence-corrected chi connectivity index (χ1v) is 8.09. The number of benzene rings is 2. The van der Waals surface area contributed by atoms with Gasteiger partial charge in [-0.25, -0.2) is 4.98 Å². The van der Waals surface area contributed by atoms with Crippen LogP contribution in [0.1, 0.15) is 5.82 Å². The highest BCUT2D eigenvalue weighted by atomic mass is 35.5. The van der Waals surface area contributed by atoms with Crippen molar-refractivity contribution in [2.75, 3.05) is 13.2 Å². The van der Waals surface area contributed by atoms with Gasteiger partial charge in [-0.3, -0.25) is 0 Å². The normalized spacial score (nSPS) is 11.1. The Morgan fingerprint density at radius 3 is 2.37 bits per heavy atom. The van der Waals surface area contributed by atoms with Crippen molar-refractivity contribution in [3.05, 3.63) is 60.6 Å². The van der Waals surface area contributed by atoms with Gasteiger partial charge in [-0.1, -0.05) is 30.3 Å². The number of ether oxygens (including phenoxy) is 1. The fourth-order valence-corrected chi connectivity index (χ4v) is 2.55. The molecule has 1 heterocycles. The number of aromatic amines is 1. The van der Waals surface area contributed by atoms with Gasteiger partial charge < -0.3 is 15.5 Å². The summed E-state index contributed by atoms with van der Waals surface area (Å²) in [5.41, 5.74) is 9.22. The zero-order valence-corrected chi connectivity index (χ0v) is 15.1. The number of halogens is 4. The molecule has 0 aliphatic rings. The number of nitrogens with one attached hydrogen (secondary N) is 1. The van der Waals surface area contributed by atoms with Crippen molar-refractivity contribution >= 4 is 12.4 Å². The Morgan fingerprint density at radius 1 is 1.00 bits per heavy atom. The molecular weight excluding hydrogens is 379 g/mol. The molecule has 0 spiro atoms. The van der Waals surface area contributed by atoms with Crippen LogP contribution in [0.3, 0.4) is 0 Å². The number of alkyl halides is 3. The summed E-state index contributed by atoms with van der Waals surface area (Å²) in [6.07, 6.45) is -1.91. The van der Waals surface area contributed by atoms with Gasteiger partial charge in [0.15, 0.2) is 6.61 Å². The van der Waals surface area contributed by atoms with E-state index in [-0.39, 0.29) is 18.2 Å². The Morgan fingerprint density at radius 2 is 1.70 bits per heavy atom. The SMILES string of the molecule is Cl.NCCc1ncc(-c2cccc(-c3ccc(OCC(F)(F)F)cc3)c2)[nH]1. The molecule has 0 radical (unpaired) electrons. The lowest BCUT2D eigenvalue weighted by molar-refractivity contribution is -0.153. The molecule has 0 bridgehead atoms. The van der Waals surface area contributed by atoms with E-state index in [1.807, 2.05) is 24.3 Å². The highest BCUT2D eigenvalue weighted by Gasteiger charge is 2.28. The van der Waals surface area contributed by atoms with Crippen LogP contribution in [0.15, 0.2) is 54.7 Å². The highest BCUT2D eigenvalue weighted by Crippen LogP contribution is 2.27. The van der Waals surface area contributed by atoms with Crippen molar-refractivity contribution in [1.29, 1.82) is 0 Å². The third-order valence-corrected chi connectivity index (χ3v) is 3.77. The largest absolute Gasteiger partial charge is 0.484 e. The predicted molar refractivity (Wildman–Crippen MR) is 101 cm³/mol. The molecule has 0 saturated heterocycles. The van der Waals surface area contributed by atoms with E-state index in [0.29, 0.717) is 13.0 Å². The van der Waals surface area contributed by atoms with Crippen LogP contribution in [0.2, 0.25) is 0 Å². The standard InChI is InChI=1S/C19H18F3N3O.ClH/c20-19(21,22)12-26-16-6-4-13(5-7-16)14-2-1-3-15(10-14)17-11-24-18(25-17)8-9-23;/h1-7,10-11H,8-9,12,23H2,(H,24,25);1H. The fourth-order valence-electron chi connectivity index (χ4n) is 2.55. The van der Waals surface area contributed by atoms with Crippen LogP contribution in [0.5, 0.6) is 5.75 Å². The van der Waals surface area contributed by atoms with E-state index < -0.39 is 12.8 Å². The summed E-state index contributed by atoms with van der Waals surface area (Å²) in [6.45, 7) is -0.775. The number of hydrogen-bond acceptors (Lipinski definition) is 3. The average molecular weight is 398 g/mol. The Balaban J connectivity index is 0.00000261. The molecule has 3 rings (SSSR count). The van der Waals surface area contributed by atoms with Gasteiger partial charge in [0.1, 0.15) is 11.6 Å². The van der Waals surface area contributed by atoms with Gasteiger partial charge in [0.25, 0.3) is 0 Å². The lowest BCUT2D eigenvalue weighted by Crippen LogP contribution is -2.19. The van der Waals surface area contributed by atoms with E-state index in [1.54, 1.807) is 18.3 Å². The third kappa shape index (κ3) is 5.74. The van der Waals surface area contributed by atoms with E-state index in [4.69, 9.17) is 10.5 Å². The van der Waals surface area contributed by atoms with Crippen molar-refractivity contribution < 1.29 is 17.9 Å². The minimum atomic E-state index is -4.35. The maximum absolute atomic E-state index is 12.2. The monoisotopic (exact) mass is 397 g/mol. The molecule has 2 aromatic carbocycles. The molecule has 4 nitrogen and oxygen atoms in total. The molecule has 8 heteroatoms. The molecule has 0 aliphatic carbocycles. The van der Waals surface area contributed by atoms with Crippen LogP contribution in [0.4, 0.5) is 13.2 Å². The molecule has 144 valence electrons. The van der Waals surface area contributed by atoms with Crippen LogP contribution in [0, 0.1) is 0 Å². The summed E-state index contributed by atoms with van der Waals surface area (Å²) in [6, 6.07) is 14.3. The summed E-state index contributed by atoms with van der Waals surface area (Å²) in [7, 11) is 0. The minimum absolute atomic E-state index is 0. The molecule has 0 amide bonds. The van der Waals surface area contributed by atoms with Crippen LogP contribution in [-0.2, 0) is 6.42 Å². The lowest BCUT2D eigenvalue weighted by atomic mass is 10.0. The molecule has 0 fully saturated rings. The number of nitrogens with zero attached hydrogens (tertiary/aromatic N) is 1. The zero-order chi connectivity index (χ0) is 18.6. The highest BCUT2D eigenvalue weighted by molar-refractivity contribution is 5.85. The number of H-pyrrole nitrogens is 1. The second-order valence-electron chi connectivity index (χ2n) is 5.79. The van der Waals surface area contributed by atoms with Crippen molar-refractivity contribution in [1.82, 2.24) is 9.97 Å². The first-order chi connectivity index (χ1) is 12.4. The number of nitrogens with two attached hydrogens (primary N) is 1. The Labute approximate surface area is 161 Å². The number of rotatable bonds is 6. The quantitative estimate of drug-likeness (QED) is 0.638. The van der Waals surface area contributed by atoms with E-state index in [9.17, 15) is 13.2 Å². The minimum Gasteiger partial charge on any atom is -0.484 e. The van der Waals surface area contributed by atoms with Crippen molar-refractivity contribution in [2.24, 2.45) is 5.73 Å². The molecule has 3 N–H and O–H groups in total. The molecule has 3 aromatic rings. The van der Waals surface area contributed by atoms with Gasteiger partial charge in [0, 0.05) is 12.0 Å². The average Bonchev–Trinajstić information content (AvgIpc) is 3.09. The van der Waals surface area contributed by atoms with Crippen molar-refractivity contribution in [3.63, 3.8) is 0 Å². The maximum Gasteiger partial charge on any atom is 0.422 e. The molecule has 1 aromatic heterocycles. The second-order valence-corrected chi connectivity index (χ2v) is 5.79.